The van der Waals surface area contributed by atoms with Crippen LogP contribution in [0, 0.1) is 0 Å². The number of furan rings is 2. The molecule has 0 bridgehead atoms. The van der Waals surface area contributed by atoms with Gasteiger partial charge in [-0.3, -0.25) is 4.79 Å². The van der Waals surface area contributed by atoms with Gasteiger partial charge in [0.15, 0.2) is 0 Å². The molecular weight excluding hydrogens is 364 g/mol. The van der Waals surface area contributed by atoms with Crippen molar-refractivity contribution in [2.24, 2.45) is 5.10 Å². The molecule has 0 saturated heterocycles. The van der Waals surface area contributed by atoms with E-state index in [2.05, 4.69) is 5.10 Å². The van der Waals surface area contributed by atoms with Gasteiger partial charge < -0.3 is 13.6 Å². The summed E-state index contributed by atoms with van der Waals surface area (Å²) in [6, 6.07) is 14.7. The molecule has 1 amide bonds. The second kappa shape index (κ2) is 7.75. The van der Waals surface area contributed by atoms with Gasteiger partial charge in [0, 0.05) is 11.3 Å². The van der Waals surface area contributed by atoms with Gasteiger partial charge in [-0.25, -0.2) is 5.01 Å². The number of ether oxygens (including phenoxy) is 1. The molecule has 3 heterocycles. The summed E-state index contributed by atoms with van der Waals surface area (Å²) in [5.74, 6) is 2.31. The molecule has 0 spiro atoms. The fourth-order valence-electron chi connectivity index (χ4n) is 2.94. The molecule has 1 atom stereocenters. The van der Waals surface area contributed by atoms with Crippen molar-refractivity contribution in [1.29, 1.82) is 0 Å². The molecule has 1 aliphatic rings. The summed E-state index contributed by atoms with van der Waals surface area (Å²) in [5.41, 5.74) is 0.737. The molecule has 4 rings (SSSR count). The Morgan fingerprint density at radius 3 is 2.81 bits per heavy atom. The first-order chi connectivity index (χ1) is 13.2. The summed E-state index contributed by atoms with van der Waals surface area (Å²) in [5, 5.41) is 6.03. The van der Waals surface area contributed by atoms with E-state index in [1.165, 1.54) is 16.8 Å². The Bertz CT molecular complexity index is 935. The number of hydrogen-bond acceptors (Lipinski definition) is 6. The van der Waals surface area contributed by atoms with E-state index in [9.17, 15) is 4.79 Å². The van der Waals surface area contributed by atoms with E-state index in [-0.39, 0.29) is 17.7 Å². The van der Waals surface area contributed by atoms with Crippen molar-refractivity contribution in [1.82, 2.24) is 5.01 Å². The molecular formula is C20H18N2O4S. The van der Waals surface area contributed by atoms with E-state index in [1.807, 2.05) is 48.5 Å². The van der Waals surface area contributed by atoms with Crippen LogP contribution in [-0.4, -0.2) is 29.5 Å². The lowest BCUT2D eigenvalue weighted by molar-refractivity contribution is -0.130. The first kappa shape index (κ1) is 17.5. The Morgan fingerprint density at radius 1 is 1.22 bits per heavy atom. The summed E-state index contributed by atoms with van der Waals surface area (Å²) >= 11 is 1.45. The molecule has 0 radical (unpaired) electrons. The zero-order valence-electron chi connectivity index (χ0n) is 14.7. The predicted molar refractivity (Wildman–Crippen MR) is 102 cm³/mol. The predicted octanol–water partition coefficient (Wildman–Crippen LogP) is 4.35. The van der Waals surface area contributed by atoms with E-state index < -0.39 is 0 Å². The lowest BCUT2D eigenvalue weighted by atomic mass is 10.1. The van der Waals surface area contributed by atoms with Gasteiger partial charge in [-0.2, -0.15) is 5.10 Å². The van der Waals surface area contributed by atoms with Crippen LogP contribution in [0.3, 0.4) is 0 Å². The molecule has 1 unspecified atom stereocenters. The Kier molecular flexibility index (Phi) is 5.02. The number of carbonyl (C=O) groups excluding carboxylic acids is 1. The molecule has 0 N–H and O–H groups in total. The molecule has 0 fully saturated rings. The molecule has 27 heavy (non-hydrogen) atoms. The van der Waals surface area contributed by atoms with Crippen molar-refractivity contribution in [2.45, 2.75) is 17.4 Å². The molecule has 7 heteroatoms. The number of hydrogen-bond donors (Lipinski definition) is 0. The van der Waals surface area contributed by atoms with Crippen LogP contribution in [0.5, 0.6) is 5.75 Å². The zero-order chi connectivity index (χ0) is 18.6. The minimum Gasteiger partial charge on any atom is -0.497 e. The smallest absolute Gasteiger partial charge is 0.253 e. The molecule has 2 aromatic heterocycles. The highest BCUT2D eigenvalue weighted by atomic mass is 32.2. The van der Waals surface area contributed by atoms with E-state index in [1.54, 1.807) is 19.6 Å². The van der Waals surface area contributed by atoms with Crippen LogP contribution in [0.4, 0.5) is 0 Å². The van der Waals surface area contributed by atoms with E-state index >= 15 is 0 Å². The highest BCUT2D eigenvalue weighted by Gasteiger charge is 2.35. The summed E-state index contributed by atoms with van der Waals surface area (Å²) in [7, 11) is 1.62. The fraction of sp³-hybridized carbons (Fsp3) is 0.200. The first-order valence-corrected chi connectivity index (χ1v) is 9.47. The van der Waals surface area contributed by atoms with Crippen LogP contribution in [0.1, 0.15) is 24.0 Å². The molecule has 3 aromatic rings. The number of thioether (sulfide) groups is 1. The topological polar surface area (TPSA) is 68.2 Å². The van der Waals surface area contributed by atoms with Gasteiger partial charge in [0.05, 0.1) is 25.4 Å². The third kappa shape index (κ3) is 3.78. The number of benzene rings is 1. The largest absolute Gasteiger partial charge is 0.497 e. The van der Waals surface area contributed by atoms with Gasteiger partial charge in [0.1, 0.15) is 29.0 Å². The first-order valence-electron chi connectivity index (χ1n) is 8.48. The van der Waals surface area contributed by atoms with Crippen LogP contribution < -0.4 is 4.74 Å². The third-order valence-corrected chi connectivity index (χ3v) is 5.23. The third-order valence-electron chi connectivity index (χ3n) is 4.25. The average molecular weight is 382 g/mol. The maximum Gasteiger partial charge on any atom is 0.253 e. The molecule has 0 aliphatic carbocycles. The van der Waals surface area contributed by atoms with Crippen LogP contribution in [0.25, 0.3) is 0 Å². The summed E-state index contributed by atoms with van der Waals surface area (Å²) in [6.07, 6.45) is 3.76. The quantitative estimate of drug-likeness (QED) is 0.593. The second-order valence-corrected chi connectivity index (χ2v) is 7.01. The Morgan fingerprint density at radius 2 is 2.07 bits per heavy atom. The van der Waals surface area contributed by atoms with E-state index in [4.69, 9.17) is 13.6 Å². The standard InChI is InChI=1S/C20H18N2O4S/c1-24-14-5-2-6-15(11-14)27-13-20(23)22-17(19-8-4-10-26-19)12-16(21-22)18-7-3-9-25-18/h2-11,17H,12-13H2,1H3. The number of methoxy groups -OCH3 is 1. The van der Waals surface area contributed by atoms with Gasteiger partial charge in [0.25, 0.3) is 5.91 Å². The second-order valence-electron chi connectivity index (χ2n) is 5.97. The van der Waals surface area contributed by atoms with Crippen molar-refractivity contribution in [3.63, 3.8) is 0 Å². The fourth-order valence-corrected chi connectivity index (χ4v) is 3.73. The maximum absolute atomic E-state index is 12.9. The molecule has 1 aromatic carbocycles. The van der Waals surface area contributed by atoms with Crippen LogP contribution >= 0.6 is 11.8 Å². The van der Waals surface area contributed by atoms with Gasteiger partial charge in [-0.05, 0) is 42.5 Å². The lowest BCUT2D eigenvalue weighted by Crippen LogP contribution is -2.28. The van der Waals surface area contributed by atoms with Gasteiger partial charge in [0.2, 0.25) is 0 Å². The summed E-state index contributed by atoms with van der Waals surface area (Å²) < 4.78 is 16.2. The van der Waals surface area contributed by atoms with Gasteiger partial charge in [-0.1, -0.05) is 6.07 Å². The molecule has 0 saturated carbocycles. The summed E-state index contributed by atoms with van der Waals surface area (Å²) in [6.45, 7) is 0. The van der Waals surface area contributed by atoms with Crippen LogP contribution in [0.2, 0.25) is 0 Å². The normalized spacial score (nSPS) is 16.4. The Hall–Kier alpha value is -2.93. The van der Waals surface area contributed by atoms with Crippen LogP contribution in [0.15, 0.2) is 79.9 Å². The van der Waals surface area contributed by atoms with E-state index in [0.29, 0.717) is 17.9 Å². The van der Waals surface area contributed by atoms with Crippen molar-refractivity contribution in [3.05, 3.63) is 72.6 Å². The van der Waals surface area contributed by atoms with E-state index in [0.717, 1.165) is 16.4 Å². The molecule has 6 nitrogen and oxygen atoms in total. The van der Waals surface area contributed by atoms with Crippen LogP contribution in [-0.2, 0) is 4.79 Å². The number of nitrogens with zero attached hydrogens (tertiary/aromatic N) is 2. The number of carbonyl (C=O) groups is 1. The maximum atomic E-state index is 12.9. The monoisotopic (exact) mass is 382 g/mol. The van der Waals surface area contributed by atoms with Gasteiger partial charge >= 0.3 is 0 Å². The highest BCUT2D eigenvalue weighted by Crippen LogP contribution is 2.34. The molecule has 138 valence electrons. The van der Waals surface area contributed by atoms with Crippen molar-refractivity contribution in [3.8, 4) is 5.75 Å². The molecule has 1 aliphatic heterocycles. The average Bonchev–Trinajstić information content (AvgIpc) is 3.46. The zero-order valence-corrected chi connectivity index (χ0v) is 15.5. The van der Waals surface area contributed by atoms with Crippen molar-refractivity contribution >= 4 is 23.4 Å². The lowest BCUT2D eigenvalue weighted by Gasteiger charge is -2.19. The minimum absolute atomic E-state index is 0.0919. The minimum atomic E-state index is -0.265. The summed E-state index contributed by atoms with van der Waals surface area (Å²) in [4.78, 5) is 13.9. The Labute approximate surface area is 160 Å². The van der Waals surface area contributed by atoms with Gasteiger partial charge in [-0.15, -0.1) is 11.8 Å². The highest BCUT2D eigenvalue weighted by molar-refractivity contribution is 8.00. The SMILES string of the molecule is COc1cccc(SCC(=O)N2N=C(c3ccco3)CC2c2ccco2)c1. The Balaban J connectivity index is 1.51. The van der Waals surface area contributed by atoms with Crippen molar-refractivity contribution < 1.29 is 18.4 Å². The number of rotatable bonds is 6. The van der Waals surface area contributed by atoms with Crippen molar-refractivity contribution in [2.75, 3.05) is 12.9 Å². The number of hydrazone groups is 1. The number of amides is 1.